The third-order valence-corrected chi connectivity index (χ3v) is 3.06. The number of hydrogen-bond donors (Lipinski definition) is 0. The summed E-state index contributed by atoms with van der Waals surface area (Å²) in [6.45, 7) is 0. The Balaban J connectivity index is 2.73. The molecule has 0 spiro atoms. The zero-order chi connectivity index (χ0) is 10.1. The molecule has 1 aromatic carbocycles. The fourth-order valence-corrected chi connectivity index (χ4v) is 2.09. The highest BCUT2D eigenvalue weighted by Crippen LogP contribution is 2.24. The molecule has 0 N–H and O–H groups in total. The van der Waals surface area contributed by atoms with Crippen LogP contribution in [0.15, 0.2) is 28.7 Å². The first-order valence-corrected chi connectivity index (χ1v) is 5.72. The van der Waals surface area contributed by atoms with E-state index in [1.165, 1.54) is 0 Å². The third kappa shape index (κ3) is 1.88. The maximum absolute atomic E-state index is 5.94. The van der Waals surface area contributed by atoms with Crippen molar-refractivity contribution in [2.45, 2.75) is 5.88 Å². The molecule has 0 aliphatic rings. The van der Waals surface area contributed by atoms with Gasteiger partial charge in [-0.15, -0.1) is 11.6 Å². The summed E-state index contributed by atoms with van der Waals surface area (Å²) < 4.78 is 0.993. The van der Waals surface area contributed by atoms with E-state index in [-0.39, 0.29) is 0 Å². The standard InChI is InChI=1S/C10H6BrCl2N/c11-8-2-1-6-3-7(5-12)10(13)14-9(6)4-8/h1-4H,5H2. The summed E-state index contributed by atoms with van der Waals surface area (Å²) in [6.07, 6.45) is 0. The minimum absolute atomic E-state index is 0.387. The summed E-state index contributed by atoms with van der Waals surface area (Å²) in [4.78, 5) is 4.26. The molecular formula is C10H6BrCl2N. The van der Waals surface area contributed by atoms with Crippen LogP contribution < -0.4 is 0 Å². The summed E-state index contributed by atoms with van der Waals surface area (Å²) in [5, 5.41) is 1.53. The molecule has 0 unspecified atom stereocenters. The van der Waals surface area contributed by atoms with E-state index in [9.17, 15) is 0 Å². The molecular weight excluding hydrogens is 285 g/mol. The Morgan fingerprint density at radius 3 is 2.79 bits per heavy atom. The Morgan fingerprint density at radius 1 is 1.29 bits per heavy atom. The van der Waals surface area contributed by atoms with Gasteiger partial charge in [0, 0.05) is 15.4 Å². The first-order chi connectivity index (χ1) is 6.70. The van der Waals surface area contributed by atoms with Gasteiger partial charge in [0.25, 0.3) is 0 Å². The van der Waals surface area contributed by atoms with Crippen LogP contribution in [0.5, 0.6) is 0 Å². The highest BCUT2D eigenvalue weighted by Gasteiger charge is 2.03. The number of fused-ring (bicyclic) bond motifs is 1. The largest absolute Gasteiger partial charge is 0.236 e. The minimum Gasteiger partial charge on any atom is -0.236 e. The molecule has 4 heteroatoms. The molecule has 0 amide bonds. The van der Waals surface area contributed by atoms with Crippen LogP contribution in [-0.4, -0.2) is 4.98 Å². The number of benzene rings is 1. The fraction of sp³-hybridized carbons (Fsp3) is 0.100. The smallest absolute Gasteiger partial charge is 0.134 e. The van der Waals surface area contributed by atoms with E-state index >= 15 is 0 Å². The van der Waals surface area contributed by atoms with Crippen LogP contribution in [0, 0.1) is 0 Å². The number of aromatic nitrogens is 1. The lowest BCUT2D eigenvalue weighted by molar-refractivity contribution is 1.30. The molecule has 1 nitrogen and oxygen atoms in total. The van der Waals surface area contributed by atoms with Gasteiger partial charge in [-0.3, -0.25) is 0 Å². The Labute approximate surface area is 100 Å². The molecule has 14 heavy (non-hydrogen) atoms. The lowest BCUT2D eigenvalue weighted by atomic mass is 10.2. The van der Waals surface area contributed by atoms with E-state index in [2.05, 4.69) is 20.9 Å². The van der Waals surface area contributed by atoms with Crippen LogP contribution in [0.25, 0.3) is 10.9 Å². The summed E-state index contributed by atoms with van der Waals surface area (Å²) in [7, 11) is 0. The summed E-state index contributed by atoms with van der Waals surface area (Å²) >= 11 is 15.1. The highest BCUT2D eigenvalue weighted by molar-refractivity contribution is 9.10. The van der Waals surface area contributed by atoms with Crippen molar-refractivity contribution in [1.29, 1.82) is 0 Å². The van der Waals surface area contributed by atoms with E-state index in [1.54, 1.807) is 0 Å². The van der Waals surface area contributed by atoms with Crippen molar-refractivity contribution in [3.63, 3.8) is 0 Å². The number of halogens is 3. The van der Waals surface area contributed by atoms with Crippen molar-refractivity contribution < 1.29 is 0 Å². The van der Waals surface area contributed by atoms with Crippen LogP contribution in [0.4, 0.5) is 0 Å². The van der Waals surface area contributed by atoms with E-state index in [4.69, 9.17) is 23.2 Å². The molecule has 0 saturated heterocycles. The van der Waals surface area contributed by atoms with Gasteiger partial charge in [0.15, 0.2) is 0 Å². The van der Waals surface area contributed by atoms with E-state index in [1.807, 2.05) is 24.3 Å². The van der Waals surface area contributed by atoms with Gasteiger partial charge < -0.3 is 0 Å². The Morgan fingerprint density at radius 2 is 2.07 bits per heavy atom. The topological polar surface area (TPSA) is 12.9 Å². The number of rotatable bonds is 1. The first kappa shape index (κ1) is 10.2. The second-order valence-corrected chi connectivity index (χ2v) is 4.45. The van der Waals surface area contributed by atoms with Crippen LogP contribution in [0.2, 0.25) is 5.15 Å². The zero-order valence-electron chi connectivity index (χ0n) is 7.10. The van der Waals surface area contributed by atoms with Gasteiger partial charge in [0.1, 0.15) is 5.15 Å². The number of hydrogen-bond acceptors (Lipinski definition) is 1. The molecule has 0 atom stereocenters. The van der Waals surface area contributed by atoms with Gasteiger partial charge in [-0.1, -0.05) is 33.6 Å². The molecule has 2 rings (SSSR count). The van der Waals surface area contributed by atoms with Crippen molar-refractivity contribution >= 4 is 50.0 Å². The summed E-state index contributed by atoms with van der Waals surface area (Å²) in [6, 6.07) is 7.85. The molecule has 0 aliphatic carbocycles. The SMILES string of the molecule is ClCc1cc2ccc(Br)cc2nc1Cl. The van der Waals surface area contributed by atoms with Gasteiger partial charge in [-0.05, 0) is 18.2 Å². The molecule has 1 heterocycles. The molecule has 0 bridgehead atoms. The fourth-order valence-electron chi connectivity index (χ4n) is 1.25. The molecule has 0 radical (unpaired) electrons. The molecule has 2 aromatic rings. The van der Waals surface area contributed by atoms with Crippen molar-refractivity contribution in [1.82, 2.24) is 4.98 Å². The van der Waals surface area contributed by atoms with Crippen LogP contribution in [-0.2, 0) is 5.88 Å². The van der Waals surface area contributed by atoms with Crippen LogP contribution >= 0.6 is 39.1 Å². The zero-order valence-corrected chi connectivity index (χ0v) is 10.2. The molecule has 72 valence electrons. The molecule has 0 aliphatic heterocycles. The quantitative estimate of drug-likeness (QED) is 0.561. The Hall–Kier alpha value is -0.310. The second-order valence-electron chi connectivity index (χ2n) is 2.91. The lowest BCUT2D eigenvalue weighted by Gasteiger charge is -2.02. The van der Waals surface area contributed by atoms with E-state index < -0.39 is 0 Å². The maximum Gasteiger partial charge on any atom is 0.134 e. The molecule has 0 fully saturated rings. The maximum atomic E-state index is 5.94. The monoisotopic (exact) mass is 289 g/mol. The van der Waals surface area contributed by atoms with Crippen LogP contribution in [0.3, 0.4) is 0 Å². The average molecular weight is 291 g/mol. The van der Waals surface area contributed by atoms with Gasteiger partial charge in [0.2, 0.25) is 0 Å². The molecule has 0 saturated carbocycles. The predicted octanol–water partition coefficient (Wildman–Crippen LogP) is 4.39. The number of nitrogens with zero attached hydrogens (tertiary/aromatic N) is 1. The van der Waals surface area contributed by atoms with E-state index in [0.717, 1.165) is 20.9 Å². The lowest BCUT2D eigenvalue weighted by Crippen LogP contribution is -1.86. The first-order valence-electron chi connectivity index (χ1n) is 4.01. The average Bonchev–Trinajstić information content (AvgIpc) is 2.16. The third-order valence-electron chi connectivity index (χ3n) is 1.95. The van der Waals surface area contributed by atoms with Crippen LogP contribution in [0.1, 0.15) is 5.56 Å². The Kier molecular flexibility index (Phi) is 2.96. The minimum atomic E-state index is 0.387. The van der Waals surface area contributed by atoms with Crippen molar-refractivity contribution in [3.8, 4) is 0 Å². The highest BCUT2D eigenvalue weighted by atomic mass is 79.9. The number of alkyl halides is 1. The van der Waals surface area contributed by atoms with Gasteiger partial charge >= 0.3 is 0 Å². The van der Waals surface area contributed by atoms with E-state index in [0.29, 0.717) is 11.0 Å². The predicted molar refractivity (Wildman–Crippen MR) is 64.0 cm³/mol. The summed E-state index contributed by atoms with van der Waals surface area (Å²) in [5.74, 6) is 0.387. The Bertz CT molecular complexity index is 485. The molecule has 1 aromatic heterocycles. The van der Waals surface area contributed by atoms with Crippen molar-refractivity contribution in [2.75, 3.05) is 0 Å². The second kappa shape index (κ2) is 4.05. The normalized spacial score (nSPS) is 10.8. The van der Waals surface area contributed by atoms with Crippen molar-refractivity contribution in [2.24, 2.45) is 0 Å². The van der Waals surface area contributed by atoms with Gasteiger partial charge in [-0.25, -0.2) is 4.98 Å². The summed E-state index contributed by atoms with van der Waals surface area (Å²) in [5.41, 5.74) is 1.74. The van der Waals surface area contributed by atoms with Gasteiger partial charge in [0.05, 0.1) is 11.4 Å². The van der Waals surface area contributed by atoms with Gasteiger partial charge in [-0.2, -0.15) is 0 Å². The van der Waals surface area contributed by atoms with Crippen molar-refractivity contribution in [3.05, 3.63) is 39.5 Å². The number of pyridine rings is 1.